The van der Waals surface area contributed by atoms with Crippen LogP contribution in [0.25, 0.3) is 0 Å². The Hall–Kier alpha value is -0.660. The summed E-state index contributed by atoms with van der Waals surface area (Å²) >= 11 is 0. The SMILES string of the molecule is COCCNC(=O)CCNS(=O)(=O)C(C)C. The molecule has 0 aromatic heterocycles. The van der Waals surface area contributed by atoms with Gasteiger partial charge in [0.05, 0.1) is 11.9 Å². The van der Waals surface area contributed by atoms with Gasteiger partial charge in [-0.2, -0.15) is 0 Å². The molecular formula is C9H20N2O4S. The van der Waals surface area contributed by atoms with Crippen LogP contribution in [-0.2, 0) is 19.6 Å². The van der Waals surface area contributed by atoms with Crippen LogP contribution < -0.4 is 10.0 Å². The fourth-order valence-electron chi connectivity index (χ4n) is 0.854. The number of amides is 1. The van der Waals surface area contributed by atoms with Crippen LogP contribution in [-0.4, -0.2) is 46.4 Å². The lowest BCUT2D eigenvalue weighted by atomic mass is 10.4. The van der Waals surface area contributed by atoms with Gasteiger partial charge in [0.2, 0.25) is 15.9 Å². The number of hydrogen-bond donors (Lipinski definition) is 2. The number of carbonyl (C=O) groups is 1. The van der Waals surface area contributed by atoms with Crippen molar-refractivity contribution in [1.82, 2.24) is 10.0 Å². The van der Waals surface area contributed by atoms with Crippen molar-refractivity contribution in [1.29, 1.82) is 0 Å². The van der Waals surface area contributed by atoms with E-state index in [9.17, 15) is 13.2 Å². The third-order valence-corrected chi connectivity index (χ3v) is 3.75. The van der Waals surface area contributed by atoms with Crippen molar-refractivity contribution in [2.24, 2.45) is 0 Å². The first kappa shape index (κ1) is 15.3. The molecule has 96 valence electrons. The van der Waals surface area contributed by atoms with Gasteiger partial charge in [-0.3, -0.25) is 4.79 Å². The first-order valence-electron chi connectivity index (χ1n) is 5.14. The van der Waals surface area contributed by atoms with Crippen molar-refractivity contribution in [3.63, 3.8) is 0 Å². The maximum absolute atomic E-state index is 11.3. The van der Waals surface area contributed by atoms with E-state index in [1.54, 1.807) is 21.0 Å². The van der Waals surface area contributed by atoms with Crippen LogP contribution in [0.5, 0.6) is 0 Å². The summed E-state index contributed by atoms with van der Waals surface area (Å²) in [6.45, 7) is 4.18. The Balaban J connectivity index is 3.70. The van der Waals surface area contributed by atoms with E-state index in [-0.39, 0.29) is 18.9 Å². The minimum absolute atomic E-state index is 0.124. The van der Waals surface area contributed by atoms with Crippen molar-refractivity contribution in [3.8, 4) is 0 Å². The van der Waals surface area contributed by atoms with Crippen molar-refractivity contribution in [3.05, 3.63) is 0 Å². The Labute approximate surface area is 96.8 Å². The molecule has 0 saturated carbocycles. The molecule has 0 aliphatic rings. The average molecular weight is 252 g/mol. The van der Waals surface area contributed by atoms with Gasteiger partial charge in [-0.1, -0.05) is 0 Å². The number of carbonyl (C=O) groups excluding carboxylic acids is 1. The minimum atomic E-state index is -3.27. The zero-order valence-corrected chi connectivity index (χ0v) is 10.8. The first-order valence-corrected chi connectivity index (χ1v) is 6.69. The molecule has 6 nitrogen and oxygen atoms in total. The summed E-state index contributed by atoms with van der Waals surface area (Å²) in [5.41, 5.74) is 0. The van der Waals surface area contributed by atoms with Crippen molar-refractivity contribution in [2.45, 2.75) is 25.5 Å². The summed E-state index contributed by atoms with van der Waals surface area (Å²) in [7, 11) is -1.73. The second kappa shape index (κ2) is 7.59. The number of hydrogen-bond acceptors (Lipinski definition) is 4. The largest absolute Gasteiger partial charge is 0.383 e. The molecule has 0 radical (unpaired) electrons. The van der Waals surface area contributed by atoms with E-state index in [0.717, 1.165) is 0 Å². The lowest BCUT2D eigenvalue weighted by molar-refractivity contribution is -0.121. The average Bonchev–Trinajstić information content (AvgIpc) is 2.17. The standard InChI is InChI=1S/C9H20N2O4S/c1-8(2)16(13,14)11-5-4-9(12)10-6-7-15-3/h8,11H,4-7H2,1-3H3,(H,10,12). The van der Waals surface area contributed by atoms with Crippen LogP contribution in [0.3, 0.4) is 0 Å². The van der Waals surface area contributed by atoms with Gasteiger partial charge in [0.25, 0.3) is 0 Å². The van der Waals surface area contributed by atoms with E-state index in [2.05, 4.69) is 10.0 Å². The van der Waals surface area contributed by atoms with Crippen molar-refractivity contribution < 1.29 is 17.9 Å². The quantitative estimate of drug-likeness (QED) is 0.569. The number of methoxy groups -OCH3 is 1. The van der Waals surface area contributed by atoms with Gasteiger partial charge in [0, 0.05) is 26.6 Å². The smallest absolute Gasteiger partial charge is 0.221 e. The number of ether oxygens (including phenoxy) is 1. The van der Waals surface area contributed by atoms with E-state index in [0.29, 0.717) is 13.2 Å². The highest BCUT2D eigenvalue weighted by molar-refractivity contribution is 7.90. The highest BCUT2D eigenvalue weighted by Crippen LogP contribution is 1.95. The molecule has 0 aliphatic heterocycles. The van der Waals surface area contributed by atoms with Gasteiger partial charge in [-0.25, -0.2) is 13.1 Å². The van der Waals surface area contributed by atoms with E-state index < -0.39 is 15.3 Å². The molecule has 0 unspecified atom stereocenters. The van der Waals surface area contributed by atoms with Crippen LogP contribution >= 0.6 is 0 Å². The fourth-order valence-corrected chi connectivity index (χ4v) is 1.57. The third kappa shape index (κ3) is 6.76. The summed E-state index contributed by atoms with van der Waals surface area (Å²) in [4.78, 5) is 11.2. The lowest BCUT2D eigenvalue weighted by Crippen LogP contribution is -2.35. The normalized spacial score (nSPS) is 11.8. The number of rotatable bonds is 8. The highest BCUT2D eigenvalue weighted by Gasteiger charge is 2.14. The molecule has 0 saturated heterocycles. The molecule has 0 bridgehead atoms. The molecule has 7 heteroatoms. The van der Waals surface area contributed by atoms with Gasteiger partial charge in [0.15, 0.2) is 0 Å². The molecule has 0 heterocycles. The van der Waals surface area contributed by atoms with Crippen LogP contribution in [0.4, 0.5) is 0 Å². The molecule has 16 heavy (non-hydrogen) atoms. The molecule has 1 amide bonds. The van der Waals surface area contributed by atoms with Crippen molar-refractivity contribution in [2.75, 3.05) is 26.8 Å². The van der Waals surface area contributed by atoms with Gasteiger partial charge >= 0.3 is 0 Å². The Morgan fingerprint density at radius 1 is 1.31 bits per heavy atom. The first-order chi connectivity index (χ1) is 7.40. The maximum atomic E-state index is 11.3. The Bertz CT molecular complexity index is 301. The maximum Gasteiger partial charge on any atom is 0.221 e. The van der Waals surface area contributed by atoms with E-state index in [1.165, 1.54) is 0 Å². The predicted molar refractivity (Wildman–Crippen MR) is 61.6 cm³/mol. The molecule has 0 rings (SSSR count). The third-order valence-electron chi connectivity index (χ3n) is 1.90. The molecule has 0 atom stereocenters. The monoisotopic (exact) mass is 252 g/mol. The number of nitrogens with one attached hydrogen (secondary N) is 2. The summed E-state index contributed by atoms with van der Waals surface area (Å²) in [5.74, 6) is -0.191. The molecule has 2 N–H and O–H groups in total. The minimum Gasteiger partial charge on any atom is -0.383 e. The van der Waals surface area contributed by atoms with Gasteiger partial charge < -0.3 is 10.1 Å². The summed E-state index contributed by atoms with van der Waals surface area (Å²) < 4.78 is 29.7. The van der Waals surface area contributed by atoms with Crippen LogP contribution in [0.2, 0.25) is 0 Å². The summed E-state index contributed by atoms with van der Waals surface area (Å²) in [6, 6.07) is 0. The predicted octanol–water partition coefficient (Wildman–Crippen LogP) is -0.533. The summed E-state index contributed by atoms with van der Waals surface area (Å²) in [5, 5.41) is 2.12. The lowest BCUT2D eigenvalue weighted by Gasteiger charge is -2.09. The van der Waals surface area contributed by atoms with Gasteiger partial charge in [-0.15, -0.1) is 0 Å². The molecular weight excluding hydrogens is 232 g/mol. The van der Waals surface area contributed by atoms with Crippen LogP contribution in [0.1, 0.15) is 20.3 Å². The van der Waals surface area contributed by atoms with Crippen LogP contribution in [0.15, 0.2) is 0 Å². The van der Waals surface area contributed by atoms with Gasteiger partial charge in [-0.05, 0) is 13.8 Å². The zero-order chi connectivity index (χ0) is 12.6. The number of sulfonamides is 1. The molecule has 0 spiro atoms. The second-order valence-corrected chi connectivity index (χ2v) is 5.90. The van der Waals surface area contributed by atoms with Crippen molar-refractivity contribution >= 4 is 15.9 Å². The zero-order valence-electron chi connectivity index (χ0n) is 9.95. The van der Waals surface area contributed by atoms with E-state index in [4.69, 9.17) is 4.74 Å². The Kier molecular flexibility index (Phi) is 7.27. The molecule has 0 aromatic carbocycles. The van der Waals surface area contributed by atoms with E-state index in [1.807, 2.05) is 0 Å². The molecule has 0 aromatic rings. The fraction of sp³-hybridized carbons (Fsp3) is 0.889. The topological polar surface area (TPSA) is 84.5 Å². The molecule has 0 aliphatic carbocycles. The summed E-state index contributed by atoms with van der Waals surface area (Å²) in [6.07, 6.45) is 0.135. The Morgan fingerprint density at radius 2 is 1.94 bits per heavy atom. The van der Waals surface area contributed by atoms with Crippen LogP contribution in [0, 0.1) is 0 Å². The second-order valence-electron chi connectivity index (χ2n) is 3.58. The molecule has 0 fully saturated rings. The Morgan fingerprint density at radius 3 is 2.44 bits per heavy atom. The van der Waals surface area contributed by atoms with E-state index >= 15 is 0 Å². The highest BCUT2D eigenvalue weighted by atomic mass is 32.2. The van der Waals surface area contributed by atoms with Gasteiger partial charge in [0.1, 0.15) is 0 Å².